The average molecular weight is 357 g/mol. The van der Waals surface area contributed by atoms with Crippen LogP contribution in [0.1, 0.15) is 37.6 Å². The molecule has 0 aliphatic heterocycles. The number of carbonyl (C=O) groups excluding carboxylic acids is 1. The first-order chi connectivity index (χ1) is 12.6. The lowest BCUT2D eigenvalue weighted by Gasteiger charge is -2.14. The van der Waals surface area contributed by atoms with E-state index in [0.717, 1.165) is 12.2 Å². The van der Waals surface area contributed by atoms with Crippen LogP contribution in [0.15, 0.2) is 48.5 Å². The van der Waals surface area contributed by atoms with Crippen molar-refractivity contribution in [1.82, 2.24) is 0 Å². The van der Waals surface area contributed by atoms with Crippen LogP contribution < -0.4 is 14.8 Å². The van der Waals surface area contributed by atoms with E-state index in [9.17, 15) is 4.79 Å². The predicted octanol–water partition coefficient (Wildman–Crippen LogP) is 4.53. The van der Waals surface area contributed by atoms with Crippen molar-refractivity contribution >= 4 is 11.6 Å². The van der Waals surface area contributed by atoms with E-state index < -0.39 is 0 Å². The van der Waals surface area contributed by atoms with Crippen molar-refractivity contribution in [1.29, 1.82) is 0 Å². The zero-order valence-corrected chi connectivity index (χ0v) is 15.7. The summed E-state index contributed by atoms with van der Waals surface area (Å²) in [5, 5.41) is 2.90. The first-order valence-corrected chi connectivity index (χ1v) is 9.01. The Hall–Kier alpha value is -2.53. The predicted molar refractivity (Wildman–Crippen MR) is 103 cm³/mol. The molecule has 0 radical (unpaired) electrons. The van der Waals surface area contributed by atoms with Crippen molar-refractivity contribution in [2.75, 3.05) is 25.1 Å². The van der Waals surface area contributed by atoms with Gasteiger partial charge in [-0.3, -0.25) is 4.79 Å². The molecule has 2 rings (SSSR count). The Morgan fingerprint density at radius 1 is 1.08 bits per heavy atom. The minimum atomic E-state index is -0.224. The highest BCUT2D eigenvalue weighted by atomic mass is 16.5. The first-order valence-electron chi connectivity index (χ1n) is 9.01. The third kappa shape index (κ3) is 6.08. The van der Waals surface area contributed by atoms with Crippen molar-refractivity contribution in [2.45, 2.75) is 33.3 Å². The maximum absolute atomic E-state index is 12.7. The maximum atomic E-state index is 12.7. The second kappa shape index (κ2) is 10.5. The van der Waals surface area contributed by atoms with Crippen LogP contribution in [-0.4, -0.2) is 31.8 Å². The van der Waals surface area contributed by atoms with Gasteiger partial charge in [0.2, 0.25) is 0 Å². The van der Waals surface area contributed by atoms with Gasteiger partial charge in [-0.15, -0.1) is 0 Å². The molecule has 1 unspecified atom stereocenters. The van der Waals surface area contributed by atoms with Crippen molar-refractivity contribution in [3.8, 4) is 11.5 Å². The molecule has 1 N–H and O–H groups in total. The van der Waals surface area contributed by atoms with Gasteiger partial charge in [-0.25, -0.2) is 0 Å². The summed E-state index contributed by atoms with van der Waals surface area (Å²) < 4.78 is 16.7. The first kappa shape index (κ1) is 19.8. The van der Waals surface area contributed by atoms with E-state index in [1.807, 2.05) is 50.2 Å². The summed E-state index contributed by atoms with van der Waals surface area (Å²) in [6.07, 6.45) is 1.05. The molecule has 140 valence electrons. The smallest absolute Gasteiger partial charge is 0.259 e. The van der Waals surface area contributed by atoms with E-state index in [1.54, 1.807) is 12.1 Å². The molecule has 1 atom stereocenters. The number of hydrogen-bond donors (Lipinski definition) is 1. The third-order valence-corrected chi connectivity index (χ3v) is 3.83. The summed E-state index contributed by atoms with van der Waals surface area (Å²) in [5.41, 5.74) is 1.16. The minimum Gasteiger partial charge on any atom is -0.491 e. The normalized spacial score (nSPS) is 11.7. The highest BCUT2D eigenvalue weighted by molar-refractivity contribution is 6.06. The Bertz CT molecular complexity index is 702. The lowest BCUT2D eigenvalue weighted by atomic mass is 10.2. The summed E-state index contributed by atoms with van der Waals surface area (Å²) in [4.78, 5) is 12.7. The molecule has 1 amide bonds. The van der Waals surface area contributed by atoms with Gasteiger partial charge in [-0.2, -0.15) is 0 Å². The molecule has 2 aromatic rings. The van der Waals surface area contributed by atoms with Crippen molar-refractivity contribution in [3.63, 3.8) is 0 Å². The van der Waals surface area contributed by atoms with Crippen molar-refractivity contribution < 1.29 is 19.0 Å². The zero-order valence-electron chi connectivity index (χ0n) is 15.7. The molecule has 0 fully saturated rings. The third-order valence-electron chi connectivity index (χ3n) is 3.83. The van der Waals surface area contributed by atoms with Crippen LogP contribution in [-0.2, 0) is 4.74 Å². The second-order valence-corrected chi connectivity index (χ2v) is 5.86. The fraction of sp³-hybridized carbons (Fsp3) is 0.381. The summed E-state index contributed by atoms with van der Waals surface area (Å²) in [7, 11) is 0. The van der Waals surface area contributed by atoms with Crippen LogP contribution in [0.5, 0.6) is 11.5 Å². The van der Waals surface area contributed by atoms with Gasteiger partial charge in [0, 0.05) is 18.4 Å². The summed E-state index contributed by atoms with van der Waals surface area (Å²) in [5.74, 6) is 1.05. The van der Waals surface area contributed by atoms with Crippen molar-refractivity contribution in [2.24, 2.45) is 0 Å². The van der Waals surface area contributed by atoms with Crippen LogP contribution in [0.3, 0.4) is 0 Å². The van der Waals surface area contributed by atoms with Crippen LogP contribution >= 0.6 is 0 Å². The molecule has 0 bridgehead atoms. The number of anilines is 1. The molecule has 0 saturated carbocycles. The molecule has 0 heterocycles. The SMILES string of the molecule is CCOCCOc1ccccc1C(=O)Nc1cccc(OC(C)CC)c1. The van der Waals surface area contributed by atoms with Gasteiger partial charge >= 0.3 is 0 Å². The van der Waals surface area contributed by atoms with E-state index in [0.29, 0.717) is 36.8 Å². The van der Waals surface area contributed by atoms with E-state index in [4.69, 9.17) is 14.2 Å². The number of amides is 1. The maximum Gasteiger partial charge on any atom is 0.259 e. The van der Waals surface area contributed by atoms with Crippen LogP contribution in [0.25, 0.3) is 0 Å². The lowest BCUT2D eigenvalue weighted by molar-refractivity contribution is 0.0998. The topological polar surface area (TPSA) is 56.8 Å². The molecular formula is C21H27NO4. The quantitative estimate of drug-likeness (QED) is 0.635. The largest absolute Gasteiger partial charge is 0.491 e. The van der Waals surface area contributed by atoms with E-state index in [-0.39, 0.29) is 12.0 Å². The Labute approximate surface area is 155 Å². The Balaban J connectivity index is 2.04. The van der Waals surface area contributed by atoms with Gasteiger partial charge in [0.1, 0.15) is 18.1 Å². The molecule has 26 heavy (non-hydrogen) atoms. The highest BCUT2D eigenvalue weighted by Gasteiger charge is 2.13. The number of nitrogens with one attached hydrogen (secondary N) is 1. The fourth-order valence-electron chi connectivity index (χ4n) is 2.30. The van der Waals surface area contributed by atoms with Crippen LogP contribution in [0.4, 0.5) is 5.69 Å². The number of hydrogen-bond acceptors (Lipinski definition) is 4. The minimum absolute atomic E-state index is 0.125. The Morgan fingerprint density at radius 3 is 2.65 bits per heavy atom. The highest BCUT2D eigenvalue weighted by Crippen LogP contribution is 2.22. The van der Waals surface area contributed by atoms with Gasteiger partial charge in [0.15, 0.2) is 0 Å². The molecule has 2 aromatic carbocycles. The lowest BCUT2D eigenvalue weighted by Crippen LogP contribution is -2.15. The fourth-order valence-corrected chi connectivity index (χ4v) is 2.30. The summed E-state index contributed by atoms with van der Waals surface area (Å²) >= 11 is 0. The van der Waals surface area contributed by atoms with Gasteiger partial charge in [-0.05, 0) is 44.5 Å². The van der Waals surface area contributed by atoms with Gasteiger partial charge in [0.25, 0.3) is 5.91 Å². The zero-order chi connectivity index (χ0) is 18.8. The Morgan fingerprint density at radius 2 is 1.88 bits per heavy atom. The van der Waals surface area contributed by atoms with Crippen LogP contribution in [0, 0.1) is 0 Å². The molecular weight excluding hydrogens is 330 g/mol. The molecule has 5 heteroatoms. The number of ether oxygens (including phenoxy) is 3. The Kier molecular flexibility index (Phi) is 7.96. The van der Waals surface area contributed by atoms with Gasteiger partial charge in [0.05, 0.1) is 18.3 Å². The monoisotopic (exact) mass is 357 g/mol. The number of benzene rings is 2. The van der Waals surface area contributed by atoms with E-state index in [2.05, 4.69) is 12.2 Å². The number of para-hydroxylation sites is 1. The van der Waals surface area contributed by atoms with Crippen molar-refractivity contribution in [3.05, 3.63) is 54.1 Å². The molecule has 0 aliphatic rings. The van der Waals surface area contributed by atoms with Gasteiger partial charge in [-0.1, -0.05) is 25.1 Å². The second-order valence-electron chi connectivity index (χ2n) is 5.86. The standard InChI is InChI=1S/C21H27NO4/c1-4-16(3)26-18-10-8-9-17(15-18)22-21(23)19-11-6-7-12-20(19)25-14-13-24-5-2/h6-12,15-16H,4-5,13-14H2,1-3H3,(H,22,23). The molecule has 0 aliphatic carbocycles. The van der Waals surface area contributed by atoms with E-state index in [1.165, 1.54) is 0 Å². The molecule has 0 spiro atoms. The van der Waals surface area contributed by atoms with E-state index >= 15 is 0 Å². The molecule has 0 saturated heterocycles. The molecule has 5 nitrogen and oxygen atoms in total. The number of carbonyl (C=O) groups is 1. The van der Waals surface area contributed by atoms with Gasteiger partial charge < -0.3 is 19.5 Å². The average Bonchev–Trinajstić information content (AvgIpc) is 2.65. The summed E-state index contributed by atoms with van der Waals surface area (Å²) in [6.45, 7) is 7.54. The number of rotatable bonds is 10. The summed E-state index contributed by atoms with van der Waals surface area (Å²) in [6, 6.07) is 14.6. The molecule has 0 aromatic heterocycles. The van der Waals surface area contributed by atoms with Crippen LogP contribution in [0.2, 0.25) is 0 Å².